The average molecular weight is 361 g/mol. The van der Waals surface area contributed by atoms with Crippen LogP contribution in [0.5, 0.6) is 0 Å². The van der Waals surface area contributed by atoms with Gasteiger partial charge in [-0.25, -0.2) is 0 Å². The number of amides is 1. The Hall–Kier alpha value is -3.50. The number of aliphatic hydroxyl groups excluding tert-OH is 1. The molecule has 27 heavy (non-hydrogen) atoms. The number of nitrogens with two attached hydrogens (primary N) is 1. The minimum Gasteiger partial charge on any atom is -0.384 e. The van der Waals surface area contributed by atoms with Gasteiger partial charge < -0.3 is 10.8 Å². The number of tetrazole rings is 1. The second kappa shape index (κ2) is 8.74. The van der Waals surface area contributed by atoms with E-state index in [1.54, 1.807) is 0 Å². The van der Waals surface area contributed by atoms with Crippen molar-refractivity contribution in [2.45, 2.75) is 18.8 Å². The average Bonchev–Trinajstić information content (AvgIpc) is 3.21. The van der Waals surface area contributed by atoms with Crippen LogP contribution in [0.25, 0.3) is 11.4 Å². The fraction of sp³-hybridized carbons (Fsp3) is 0.200. The number of aliphatic hydroxyl groups is 1. The molecular formula is C20H19N5O2. The molecule has 2 aromatic carbocycles. The summed E-state index contributed by atoms with van der Waals surface area (Å²) in [5.41, 5.74) is 9.13. The topological polar surface area (TPSA) is 118 Å². The molecule has 0 aliphatic carbocycles. The Morgan fingerprint density at radius 3 is 2.81 bits per heavy atom. The normalized spacial score (nSPS) is 11.4. The smallest absolute Gasteiger partial charge is 0.218 e. The van der Waals surface area contributed by atoms with Crippen LogP contribution in [-0.2, 0) is 11.2 Å². The number of benzene rings is 2. The lowest BCUT2D eigenvalue weighted by molar-refractivity contribution is -0.118. The van der Waals surface area contributed by atoms with Crippen molar-refractivity contribution in [1.82, 2.24) is 20.6 Å². The van der Waals surface area contributed by atoms with E-state index in [1.807, 2.05) is 48.5 Å². The lowest BCUT2D eigenvalue weighted by Crippen LogP contribution is -2.17. The van der Waals surface area contributed by atoms with Crippen LogP contribution < -0.4 is 5.73 Å². The fourth-order valence-electron chi connectivity index (χ4n) is 2.97. The Morgan fingerprint density at radius 2 is 2.07 bits per heavy atom. The van der Waals surface area contributed by atoms with Crippen molar-refractivity contribution in [1.29, 1.82) is 0 Å². The van der Waals surface area contributed by atoms with Crippen molar-refractivity contribution >= 4 is 5.91 Å². The van der Waals surface area contributed by atoms with Gasteiger partial charge in [0.2, 0.25) is 11.7 Å². The molecule has 0 aliphatic rings. The highest BCUT2D eigenvalue weighted by Crippen LogP contribution is 2.27. The zero-order valence-corrected chi connectivity index (χ0v) is 14.6. The highest BCUT2D eigenvalue weighted by atomic mass is 16.2. The second-order valence-electron chi connectivity index (χ2n) is 6.09. The Kier molecular flexibility index (Phi) is 5.92. The number of hydrogen-bond donors (Lipinski definition) is 3. The van der Waals surface area contributed by atoms with Gasteiger partial charge in [0.1, 0.15) is 6.61 Å². The van der Waals surface area contributed by atoms with E-state index in [2.05, 4.69) is 32.5 Å². The fourth-order valence-corrected chi connectivity index (χ4v) is 2.97. The maximum absolute atomic E-state index is 11.6. The molecule has 3 rings (SSSR count). The van der Waals surface area contributed by atoms with E-state index in [0.29, 0.717) is 12.2 Å². The van der Waals surface area contributed by atoms with Gasteiger partial charge in [0, 0.05) is 17.5 Å². The number of primary amides is 1. The summed E-state index contributed by atoms with van der Waals surface area (Å²) in [7, 11) is 0. The van der Waals surface area contributed by atoms with Gasteiger partial charge in [-0.05, 0) is 46.9 Å². The molecule has 0 saturated carbocycles. The quantitative estimate of drug-likeness (QED) is 0.574. The van der Waals surface area contributed by atoms with E-state index in [0.717, 1.165) is 22.3 Å². The summed E-state index contributed by atoms with van der Waals surface area (Å²) in [6, 6.07) is 15.4. The summed E-state index contributed by atoms with van der Waals surface area (Å²) in [5, 5.41) is 22.9. The summed E-state index contributed by atoms with van der Waals surface area (Å²) < 4.78 is 0. The highest BCUT2D eigenvalue weighted by Gasteiger charge is 2.17. The Bertz CT molecular complexity index is 973. The molecule has 4 N–H and O–H groups in total. The van der Waals surface area contributed by atoms with Crippen molar-refractivity contribution < 1.29 is 9.90 Å². The first-order valence-corrected chi connectivity index (χ1v) is 8.46. The maximum atomic E-state index is 11.6. The number of carbonyl (C=O) groups is 1. The van der Waals surface area contributed by atoms with Gasteiger partial charge >= 0.3 is 0 Å². The summed E-state index contributed by atoms with van der Waals surface area (Å²) in [4.78, 5) is 11.6. The van der Waals surface area contributed by atoms with E-state index >= 15 is 0 Å². The third-order valence-electron chi connectivity index (χ3n) is 4.13. The minimum atomic E-state index is -0.360. The summed E-state index contributed by atoms with van der Waals surface area (Å²) in [6.45, 7) is -0.183. The van der Waals surface area contributed by atoms with Crippen molar-refractivity contribution in [3.05, 3.63) is 65.2 Å². The molecule has 0 aliphatic heterocycles. The number of H-pyrrole nitrogens is 1. The molecule has 1 aromatic heterocycles. The molecule has 3 aromatic rings. The van der Waals surface area contributed by atoms with E-state index < -0.39 is 0 Å². The summed E-state index contributed by atoms with van der Waals surface area (Å²) in [6.07, 6.45) is 0.857. The third-order valence-corrected chi connectivity index (χ3v) is 4.13. The van der Waals surface area contributed by atoms with Crippen LogP contribution in [0.1, 0.15) is 29.0 Å². The molecule has 1 unspecified atom stereocenters. The maximum Gasteiger partial charge on any atom is 0.218 e. The molecule has 7 heteroatoms. The molecule has 1 atom stereocenters. The summed E-state index contributed by atoms with van der Waals surface area (Å²) >= 11 is 0. The first-order chi connectivity index (χ1) is 13.2. The molecule has 7 nitrogen and oxygen atoms in total. The molecule has 0 fully saturated rings. The summed E-state index contributed by atoms with van der Waals surface area (Å²) in [5.74, 6) is 5.59. The van der Waals surface area contributed by atoms with Gasteiger partial charge in [-0.2, -0.15) is 5.21 Å². The van der Waals surface area contributed by atoms with E-state index in [4.69, 9.17) is 10.8 Å². The molecule has 136 valence electrons. The van der Waals surface area contributed by atoms with Gasteiger partial charge in [0.15, 0.2) is 0 Å². The van der Waals surface area contributed by atoms with Gasteiger partial charge in [-0.3, -0.25) is 4.79 Å². The second-order valence-corrected chi connectivity index (χ2v) is 6.09. The monoisotopic (exact) mass is 361 g/mol. The van der Waals surface area contributed by atoms with E-state index in [9.17, 15) is 4.79 Å². The number of aromatic amines is 1. The number of hydrogen-bond acceptors (Lipinski definition) is 5. The van der Waals surface area contributed by atoms with Crippen molar-refractivity contribution in [3.8, 4) is 23.2 Å². The Balaban J connectivity index is 1.89. The van der Waals surface area contributed by atoms with Crippen molar-refractivity contribution in [3.63, 3.8) is 0 Å². The number of aromatic nitrogens is 4. The standard InChI is InChI=1S/C20H19N5O2/c21-19(27)13-18(11-15-5-1-4-14(10-15)6-3-9-26)16-7-2-8-17(12-16)20-22-24-25-23-20/h1-2,4-5,7-8,10,12,18,26H,9,11,13H2,(H2,21,27)(H,22,23,24,25). The first kappa shape index (κ1) is 18.3. The van der Waals surface area contributed by atoms with Crippen molar-refractivity contribution in [2.75, 3.05) is 6.61 Å². The largest absolute Gasteiger partial charge is 0.384 e. The number of nitrogens with one attached hydrogen (secondary N) is 1. The molecule has 0 saturated heterocycles. The Morgan fingerprint density at radius 1 is 1.22 bits per heavy atom. The van der Waals surface area contributed by atoms with Gasteiger partial charge in [-0.15, -0.1) is 10.2 Å². The zero-order chi connectivity index (χ0) is 19.1. The highest BCUT2D eigenvalue weighted by molar-refractivity contribution is 5.75. The van der Waals surface area contributed by atoms with Crippen LogP contribution in [0.4, 0.5) is 0 Å². The molecule has 0 bridgehead atoms. The van der Waals surface area contributed by atoms with Crippen LogP contribution in [0.3, 0.4) is 0 Å². The molecule has 1 amide bonds. The number of rotatable bonds is 6. The zero-order valence-electron chi connectivity index (χ0n) is 14.6. The molecule has 1 heterocycles. The SMILES string of the molecule is NC(=O)CC(Cc1cccc(C#CCO)c1)c1cccc(-c2nn[nH]n2)c1. The molecular weight excluding hydrogens is 342 g/mol. The molecule has 0 spiro atoms. The molecule has 0 radical (unpaired) electrons. The van der Waals surface area contributed by atoms with Crippen molar-refractivity contribution in [2.24, 2.45) is 5.73 Å². The predicted molar refractivity (Wildman–Crippen MR) is 100 cm³/mol. The Labute approximate surface area is 156 Å². The van der Waals surface area contributed by atoms with Crippen LogP contribution in [-0.4, -0.2) is 38.2 Å². The van der Waals surface area contributed by atoms with Crippen LogP contribution in [0.2, 0.25) is 0 Å². The third kappa shape index (κ3) is 5.00. The number of carbonyl (C=O) groups excluding carboxylic acids is 1. The van der Waals surface area contributed by atoms with Gasteiger partial charge in [-0.1, -0.05) is 42.2 Å². The van der Waals surface area contributed by atoms with Gasteiger partial charge in [0.25, 0.3) is 0 Å². The van der Waals surface area contributed by atoms with Gasteiger partial charge in [0.05, 0.1) is 0 Å². The number of nitrogens with zero attached hydrogens (tertiary/aromatic N) is 3. The van der Waals surface area contributed by atoms with E-state index in [1.165, 1.54) is 0 Å². The lowest BCUT2D eigenvalue weighted by Gasteiger charge is -2.17. The lowest BCUT2D eigenvalue weighted by atomic mass is 9.88. The van der Waals surface area contributed by atoms with Crippen LogP contribution in [0.15, 0.2) is 48.5 Å². The van der Waals surface area contributed by atoms with Crippen LogP contribution in [0, 0.1) is 11.8 Å². The predicted octanol–water partition coefficient (Wildman–Crippen LogP) is 1.41. The first-order valence-electron chi connectivity index (χ1n) is 8.46. The van der Waals surface area contributed by atoms with E-state index in [-0.39, 0.29) is 24.9 Å². The minimum absolute atomic E-state index is 0.0876. The van der Waals surface area contributed by atoms with Crippen LogP contribution >= 0.6 is 0 Å².